The fourth-order valence-electron chi connectivity index (χ4n) is 6.03. The van der Waals surface area contributed by atoms with Gasteiger partial charge in [0.05, 0.1) is 23.3 Å². The second-order valence-corrected chi connectivity index (χ2v) is 10.3. The standard InChI is InChI=1S/C38H20N2O2/c39-21-23-12-16-36-33(18-23)38-29(9-5-11-37(38)42-36)25-13-15-28(31(19-25)27-7-2-1-6-26(27)22-40)24-14-17-35-32(20-24)30-8-3-4-10-34(30)41-35/h1-20H. The summed E-state index contributed by atoms with van der Waals surface area (Å²) in [6.07, 6.45) is 0. The Kier molecular flexibility index (Phi) is 5.22. The average Bonchev–Trinajstić information content (AvgIpc) is 3.62. The molecule has 6 aromatic carbocycles. The molecule has 0 unspecified atom stereocenters. The Labute approximate surface area is 240 Å². The van der Waals surface area contributed by atoms with Crippen molar-refractivity contribution in [2.75, 3.05) is 0 Å². The predicted molar refractivity (Wildman–Crippen MR) is 167 cm³/mol. The number of hydrogen-bond acceptors (Lipinski definition) is 4. The molecule has 0 fully saturated rings. The van der Waals surface area contributed by atoms with Crippen molar-refractivity contribution in [2.45, 2.75) is 0 Å². The van der Waals surface area contributed by atoms with E-state index in [0.29, 0.717) is 11.1 Å². The predicted octanol–water partition coefficient (Wildman–Crippen LogP) is 10.2. The molecule has 4 heteroatoms. The second-order valence-electron chi connectivity index (χ2n) is 10.3. The smallest absolute Gasteiger partial charge is 0.136 e. The van der Waals surface area contributed by atoms with Gasteiger partial charge in [-0.25, -0.2) is 0 Å². The van der Waals surface area contributed by atoms with Crippen molar-refractivity contribution in [3.05, 3.63) is 132 Å². The van der Waals surface area contributed by atoms with Crippen LogP contribution < -0.4 is 0 Å². The van der Waals surface area contributed by atoms with Gasteiger partial charge in [-0.1, -0.05) is 66.7 Å². The van der Waals surface area contributed by atoms with Gasteiger partial charge in [0.2, 0.25) is 0 Å². The summed E-state index contributed by atoms with van der Waals surface area (Å²) in [6.45, 7) is 0. The van der Waals surface area contributed by atoms with Crippen LogP contribution in [0, 0.1) is 22.7 Å². The van der Waals surface area contributed by atoms with Crippen LogP contribution in [-0.4, -0.2) is 0 Å². The fourth-order valence-corrected chi connectivity index (χ4v) is 6.03. The zero-order chi connectivity index (χ0) is 28.2. The summed E-state index contributed by atoms with van der Waals surface area (Å²) in [5.41, 5.74) is 10.3. The molecule has 0 aliphatic heterocycles. The van der Waals surface area contributed by atoms with Crippen molar-refractivity contribution in [2.24, 2.45) is 0 Å². The van der Waals surface area contributed by atoms with Crippen LogP contribution in [0.15, 0.2) is 130 Å². The number of fused-ring (bicyclic) bond motifs is 6. The summed E-state index contributed by atoms with van der Waals surface area (Å²) in [4.78, 5) is 0. The molecular formula is C38H20N2O2. The van der Waals surface area contributed by atoms with Crippen LogP contribution in [0.1, 0.15) is 11.1 Å². The Morgan fingerprint density at radius 1 is 0.429 bits per heavy atom. The zero-order valence-corrected chi connectivity index (χ0v) is 22.3. The summed E-state index contributed by atoms with van der Waals surface area (Å²) in [5, 5.41) is 23.6. The number of rotatable bonds is 3. The minimum Gasteiger partial charge on any atom is -0.456 e. The lowest BCUT2D eigenvalue weighted by atomic mass is 9.88. The third kappa shape index (κ3) is 3.60. The molecule has 4 nitrogen and oxygen atoms in total. The van der Waals surface area contributed by atoms with Gasteiger partial charge < -0.3 is 8.83 Å². The topological polar surface area (TPSA) is 73.9 Å². The Hall–Kier alpha value is -6.10. The molecule has 194 valence electrons. The first-order chi connectivity index (χ1) is 20.7. The SMILES string of the molecule is N#Cc1ccc2oc3cccc(-c4ccc(-c5ccc6oc7ccccc7c6c5)c(-c5ccccc5C#N)c4)c3c2c1. The van der Waals surface area contributed by atoms with Gasteiger partial charge >= 0.3 is 0 Å². The lowest BCUT2D eigenvalue weighted by Crippen LogP contribution is -1.91. The maximum absolute atomic E-state index is 10.0. The van der Waals surface area contributed by atoms with Crippen LogP contribution in [0.25, 0.3) is 77.3 Å². The number of nitriles is 2. The van der Waals surface area contributed by atoms with Crippen LogP contribution >= 0.6 is 0 Å². The van der Waals surface area contributed by atoms with Gasteiger partial charge in [0.15, 0.2) is 0 Å². The molecule has 0 spiro atoms. The summed E-state index contributed by atoms with van der Waals surface area (Å²) < 4.78 is 12.2. The van der Waals surface area contributed by atoms with Crippen LogP contribution in [0.4, 0.5) is 0 Å². The third-order valence-corrected chi connectivity index (χ3v) is 7.98. The normalized spacial score (nSPS) is 11.3. The molecule has 0 aliphatic carbocycles. The van der Waals surface area contributed by atoms with Crippen LogP contribution in [0.2, 0.25) is 0 Å². The second kappa shape index (κ2) is 9.24. The van der Waals surface area contributed by atoms with E-state index in [-0.39, 0.29) is 0 Å². The van der Waals surface area contributed by atoms with Gasteiger partial charge in [0.25, 0.3) is 0 Å². The van der Waals surface area contributed by atoms with E-state index in [1.165, 1.54) is 0 Å². The van der Waals surface area contributed by atoms with Crippen molar-refractivity contribution in [1.29, 1.82) is 10.5 Å². The first-order valence-corrected chi connectivity index (χ1v) is 13.6. The lowest BCUT2D eigenvalue weighted by Gasteiger charge is -2.15. The minimum absolute atomic E-state index is 0.584. The molecular weight excluding hydrogens is 516 g/mol. The highest BCUT2D eigenvalue weighted by molar-refractivity contribution is 6.13. The van der Waals surface area contributed by atoms with Crippen molar-refractivity contribution in [3.8, 4) is 45.5 Å². The molecule has 0 saturated heterocycles. The van der Waals surface area contributed by atoms with E-state index in [9.17, 15) is 10.5 Å². The van der Waals surface area contributed by atoms with Crippen LogP contribution in [-0.2, 0) is 0 Å². The van der Waals surface area contributed by atoms with E-state index in [0.717, 1.165) is 77.3 Å². The van der Waals surface area contributed by atoms with Crippen LogP contribution in [0.5, 0.6) is 0 Å². The molecule has 0 bridgehead atoms. The van der Waals surface area contributed by atoms with Crippen molar-refractivity contribution >= 4 is 43.9 Å². The van der Waals surface area contributed by atoms with Crippen LogP contribution in [0.3, 0.4) is 0 Å². The first-order valence-electron chi connectivity index (χ1n) is 13.6. The maximum atomic E-state index is 10.0. The van der Waals surface area contributed by atoms with Gasteiger partial charge in [0.1, 0.15) is 22.3 Å². The van der Waals surface area contributed by atoms with E-state index in [1.54, 1.807) is 6.07 Å². The monoisotopic (exact) mass is 536 g/mol. The highest BCUT2D eigenvalue weighted by atomic mass is 16.3. The summed E-state index contributed by atoms with van der Waals surface area (Å²) in [7, 11) is 0. The molecule has 0 N–H and O–H groups in total. The number of furan rings is 2. The Bertz CT molecular complexity index is 2450. The van der Waals surface area contributed by atoms with Gasteiger partial charge in [-0.15, -0.1) is 0 Å². The van der Waals surface area contributed by atoms with E-state index >= 15 is 0 Å². The number of benzene rings is 6. The highest BCUT2D eigenvalue weighted by Gasteiger charge is 2.18. The number of hydrogen-bond donors (Lipinski definition) is 0. The molecule has 0 atom stereocenters. The highest BCUT2D eigenvalue weighted by Crippen LogP contribution is 2.42. The molecule has 42 heavy (non-hydrogen) atoms. The summed E-state index contributed by atoms with van der Waals surface area (Å²) in [6, 6.07) is 44.6. The quantitative estimate of drug-likeness (QED) is 0.225. The molecule has 2 aromatic heterocycles. The van der Waals surface area contributed by atoms with Gasteiger partial charge in [-0.3, -0.25) is 0 Å². The lowest BCUT2D eigenvalue weighted by molar-refractivity contribution is 0.668. The maximum Gasteiger partial charge on any atom is 0.136 e. The van der Waals surface area contributed by atoms with E-state index in [2.05, 4.69) is 54.6 Å². The third-order valence-electron chi connectivity index (χ3n) is 7.98. The number of nitrogens with zero attached hydrogens (tertiary/aromatic N) is 2. The Balaban J connectivity index is 1.40. The first kappa shape index (κ1) is 23.8. The zero-order valence-electron chi connectivity index (χ0n) is 22.3. The van der Waals surface area contributed by atoms with Crippen molar-refractivity contribution in [3.63, 3.8) is 0 Å². The molecule has 0 saturated carbocycles. The van der Waals surface area contributed by atoms with E-state index in [1.807, 2.05) is 72.8 Å². The molecule has 8 aromatic rings. The van der Waals surface area contributed by atoms with Crippen molar-refractivity contribution in [1.82, 2.24) is 0 Å². The molecule has 2 heterocycles. The molecule has 0 aliphatic rings. The van der Waals surface area contributed by atoms with E-state index in [4.69, 9.17) is 8.83 Å². The average molecular weight is 537 g/mol. The minimum atomic E-state index is 0.584. The van der Waals surface area contributed by atoms with Gasteiger partial charge in [-0.2, -0.15) is 10.5 Å². The van der Waals surface area contributed by atoms with Gasteiger partial charge in [-0.05, 0) is 82.4 Å². The largest absolute Gasteiger partial charge is 0.456 e. The Morgan fingerprint density at radius 2 is 1.12 bits per heavy atom. The number of para-hydroxylation sites is 1. The summed E-state index contributed by atoms with van der Waals surface area (Å²) >= 11 is 0. The Morgan fingerprint density at radius 3 is 2.02 bits per heavy atom. The summed E-state index contributed by atoms with van der Waals surface area (Å²) in [5.74, 6) is 0. The molecule has 0 radical (unpaired) electrons. The van der Waals surface area contributed by atoms with Crippen molar-refractivity contribution < 1.29 is 8.83 Å². The van der Waals surface area contributed by atoms with E-state index < -0.39 is 0 Å². The fraction of sp³-hybridized carbons (Fsp3) is 0. The van der Waals surface area contributed by atoms with Gasteiger partial charge in [0, 0.05) is 27.1 Å². The molecule has 0 amide bonds. The molecule has 8 rings (SSSR count).